The number of hydrogen-bond donors (Lipinski definition) is 2. The van der Waals surface area contributed by atoms with Crippen LogP contribution in [0.1, 0.15) is 31.9 Å². The van der Waals surface area contributed by atoms with Gasteiger partial charge in [0.15, 0.2) is 0 Å². The van der Waals surface area contributed by atoms with Gasteiger partial charge in [0.25, 0.3) is 0 Å². The van der Waals surface area contributed by atoms with Crippen molar-refractivity contribution in [2.75, 3.05) is 30.1 Å². The summed E-state index contributed by atoms with van der Waals surface area (Å²) in [7, 11) is 3.98. The number of nitrogens with zero attached hydrogens (tertiary/aromatic N) is 4. The lowest BCUT2D eigenvalue weighted by atomic mass is 9.95. The molecule has 1 aromatic heterocycles. The number of aromatic nitrogens is 3. The van der Waals surface area contributed by atoms with Crippen LogP contribution < -0.4 is 16.0 Å². The molecule has 2 heterocycles. The Morgan fingerprint density at radius 3 is 2.62 bits per heavy atom. The Morgan fingerprint density at radius 1 is 1.35 bits per heavy atom. The van der Waals surface area contributed by atoms with Crippen molar-refractivity contribution in [2.24, 2.45) is 5.73 Å². The quantitative estimate of drug-likeness (QED) is 0.758. The summed E-state index contributed by atoms with van der Waals surface area (Å²) in [6, 6.07) is 7.67. The van der Waals surface area contributed by atoms with Crippen LogP contribution in [-0.2, 0) is 4.79 Å². The maximum atomic E-state index is 12.2. The number of hydrogen-bond acceptors (Lipinski definition) is 6. The van der Waals surface area contributed by atoms with Crippen molar-refractivity contribution in [1.82, 2.24) is 14.8 Å². The summed E-state index contributed by atoms with van der Waals surface area (Å²) < 4.78 is 1.76. The first-order chi connectivity index (χ1) is 12.4. The first-order valence-electron chi connectivity index (χ1n) is 8.56. The van der Waals surface area contributed by atoms with Crippen molar-refractivity contribution in [3.05, 3.63) is 41.1 Å². The molecule has 1 aliphatic rings. The molecule has 1 aliphatic heterocycles. The van der Waals surface area contributed by atoms with Gasteiger partial charge in [0.2, 0.25) is 17.0 Å². The minimum Gasteiger partial charge on any atom is -0.378 e. The molecule has 0 saturated carbocycles. The summed E-state index contributed by atoms with van der Waals surface area (Å²) >= 11 is 1.60. The monoisotopic (exact) mass is 372 g/mol. The van der Waals surface area contributed by atoms with E-state index in [-0.39, 0.29) is 6.04 Å². The van der Waals surface area contributed by atoms with E-state index in [4.69, 9.17) is 5.73 Å². The molecule has 0 radical (unpaired) electrons. The average molecular weight is 372 g/mol. The zero-order chi connectivity index (χ0) is 18.8. The molecular formula is C18H24N6OS. The number of carbonyl (C=O) groups is 1. The molecule has 2 aromatic rings. The molecular weight excluding hydrogens is 348 g/mol. The Hall–Kier alpha value is -2.48. The number of nitrogens with one attached hydrogen (secondary N) is 1. The normalized spacial score (nSPS) is 16.2. The van der Waals surface area contributed by atoms with Crippen LogP contribution in [0.4, 0.5) is 11.6 Å². The highest BCUT2D eigenvalue weighted by Crippen LogP contribution is 2.36. The summed E-state index contributed by atoms with van der Waals surface area (Å²) in [5, 5.41) is 8.49. The largest absolute Gasteiger partial charge is 0.378 e. The van der Waals surface area contributed by atoms with Gasteiger partial charge < -0.3 is 16.0 Å². The number of benzene rings is 1. The molecule has 26 heavy (non-hydrogen) atoms. The topological polar surface area (TPSA) is 89.1 Å². The molecule has 0 bridgehead atoms. The van der Waals surface area contributed by atoms with Gasteiger partial charge in [-0.1, -0.05) is 30.8 Å². The zero-order valence-corrected chi connectivity index (χ0v) is 16.3. The fourth-order valence-corrected chi connectivity index (χ4v) is 3.65. The number of fused-ring (bicyclic) bond motifs is 1. The van der Waals surface area contributed by atoms with Gasteiger partial charge in [-0.05, 0) is 31.0 Å². The third-order valence-electron chi connectivity index (χ3n) is 4.26. The molecule has 1 atom stereocenters. The van der Waals surface area contributed by atoms with Crippen LogP contribution in [0.2, 0.25) is 0 Å². The summed E-state index contributed by atoms with van der Waals surface area (Å²) in [6.07, 6.45) is 1.04. The SMILES string of the molecule is CCCSc1nc2n(n1)C(c1ccc(N(C)C)cc1)C(C(N)=O)=C(C)N2. The third-order valence-corrected chi connectivity index (χ3v) is 5.30. The molecule has 1 aromatic carbocycles. The van der Waals surface area contributed by atoms with Gasteiger partial charge in [-0.2, -0.15) is 4.98 Å². The lowest BCUT2D eigenvalue weighted by molar-refractivity contribution is -0.115. The lowest BCUT2D eigenvalue weighted by Crippen LogP contribution is -2.31. The Bertz CT molecular complexity index is 840. The van der Waals surface area contributed by atoms with Gasteiger partial charge >= 0.3 is 0 Å². The van der Waals surface area contributed by atoms with Crippen molar-refractivity contribution in [3.63, 3.8) is 0 Å². The molecule has 1 amide bonds. The van der Waals surface area contributed by atoms with Gasteiger partial charge in [0.05, 0.1) is 5.57 Å². The lowest BCUT2D eigenvalue weighted by Gasteiger charge is -2.28. The van der Waals surface area contributed by atoms with Crippen molar-refractivity contribution in [3.8, 4) is 0 Å². The number of rotatable bonds is 6. The molecule has 0 fully saturated rings. The molecule has 3 N–H and O–H groups in total. The Balaban J connectivity index is 2.07. The number of nitrogens with two attached hydrogens (primary N) is 1. The second-order valence-electron chi connectivity index (χ2n) is 6.43. The number of allylic oxidation sites excluding steroid dienone is 1. The molecule has 0 aliphatic carbocycles. The second kappa shape index (κ2) is 7.41. The minimum absolute atomic E-state index is 0.386. The maximum Gasteiger partial charge on any atom is 0.248 e. The molecule has 0 saturated heterocycles. The highest BCUT2D eigenvalue weighted by atomic mass is 32.2. The van der Waals surface area contributed by atoms with Crippen molar-refractivity contribution < 1.29 is 4.79 Å². The van der Waals surface area contributed by atoms with Crippen LogP contribution >= 0.6 is 11.8 Å². The second-order valence-corrected chi connectivity index (χ2v) is 7.49. The van der Waals surface area contributed by atoms with Crippen LogP contribution in [0, 0.1) is 0 Å². The van der Waals surface area contributed by atoms with E-state index in [0.29, 0.717) is 22.4 Å². The standard InChI is InChI=1S/C18H24N6OS/c1-5-10-26-18-21-17-20-11(2)14(16(19)25)15(24(17)22-18)12-6-8-13(9-7-12)23(3)4/h6-9,15H,5,10H2,1-4H3,(H2,19,25)(H,20,21,22). The Kier molecular flexibility index (Phi) is 5.22. The van der Waals surface area contributed by atoms with Crippen LogP contribution in [-0.4, -0.2) is 40.5 Å². The fraction of sp³-hybridized carbons (Fsp3) is 0.389. The van der Waals surface area contributed by atoms with Gasteiger partial charge in [0, 0.05) is 31.2 Å². The average Bonchev–Trinajstić information content (AvgIpc) is 3.00. The van der Waals surface area contributed by atoms with E-state index in [2.05, 4.69) is 22.3 Å². The molecule has 8 heteroatoms. The van der Waals surface area contributed by atoms with Gasteiger partial charge in [0.1, 0.15) is 6.04 Å². The van der Waals surface area contributed by atoms with E-state index in [1.165, 1.54) is 0 Å². The number of thioether (sulfide) groups is 1. The van der Waals surface area contributed by atoms with E-state index in [1.54, 1.807) is 16.4 Å². The predicted molar refractivity (Wildman–Crippen MR) is 105 cm³/mol. The predicted octanol–water partition coefficient (Wildman–Crippen LogP) is 2.62. The summed E-state index contributed by atoms with van der Waals surface area (Å²) in [5.41, 5.74) is 8.95. The Labute approximate surface area is 157 Å². The first-order valence-corrected chi connectivity index (χ1v) is 9.55. The van der Waals surface area contributed by atoms with E-state index in [1.807, 2.05) is 50.2 Å². The highest BCUT2D eigenvalue weighted by Gasteiger charge is 2.33. The van der Waals surface area contributed by atoms with Crippen LogP contribution in [0.5, 0.6) is 0 Å². The fourth-order valence-electron chi connectivity index (χ4n) is 2.97. The van der Waals surface area contributed by atoms with Crippen LogP contribution in [0.15, 0.2) is 40.7 Å². The van der Waals surface area contributed by atoms with Crippen molar-refractivity contribution in [2.45, 2.75) is 31.5 Å². The zero-order valence-electron chi connectivity index (χ0n) is 15.5. The molecule has 138 valence electrons. The Morgan fingerprint density at radius 2 is 2.04 bits per heavy atom. The maximum absolute atomic E-state index is 12.2. The minimum atomic E-state index is -0.458. The van der Waals surface area contributed by atoms with E-state index >= 15 is 0 Å². The summed E-state index contributed by atoms with van der Waals surface area (Å²) in [6.45, 7) is 3.96. The highest BCUT2D eigenvalue weighted by molar-refractivity contribution is 7.99. The number of amides is 1. The third kappa shape index (κ3) is 3.41. The number of anilines is 2. The van der Waals surface area contributed by atoms with E-state index in [9.17, 15) is 4.79 Å². The smallest absolute Gasteiger partial charge is 0.248 e. The van der Waals surface area contributed by atoms with E-state index in [0.717, 1.165) is 23.4 Å². The summed E-state index contributed by atoms with van der Waals surface area (Å²) in [5.74, 6) is 1.12. The molecule has 0 spiro atoms. The van der Waals surface area contributed by atoms with Crippen LogP contribution in [0.25, 0.3) is 0 Å². The van der Waals surface area contributed by atoms with Gasteiger partial charge in [-0.3, -0.25) is 4.79 Å². The van der Waals surface area contributed by atoms with Crippen molar-refractivity contribution >= 4 is 29.3 Å². The van der Waals surface area contributed by atoms with Crippen LogP contribution in [0.3, 0.4) is 0 Å². The first kappa shape index (κ1) is 18.3. The van der Waals surface area contributed by atoms with Gasteiger partial charge in [-0.15, -0.1) is 5.10 Å². The molecule has 3 rings (SSSR count). The summed E-state index contributed by atoms with van der Waals surface area (Å²) in [4.78, 5) is 18.8. The molecule has 1 unspecified atom stereocenters. The number of carbonyl (C=O) groups excluding carboxylic acids is 1. The molecule has 7 nitrogen and oxygen atoms in total. The van der Waals surface area contributed by atoms with E-state index < -0.39 is 5.91 Å². The van der Waals surface area contributed by atoms with Gasteiger partial charge in [-0.25, -0.2) is 4.68 Å². The van der Waals surface area contributed by atoms with Crippen molar-refractivity contribution in [1.29, 1.82) is 0 Å². The number of primary amides is 1.